The molecular formula is C31H42O16. The molecule has 5 aliphatic rings. The zero-order chi connectivity index (χ0) is 34.4. The summed E-state index contributed by atoms with van der Waals surface area (Å²) in [4.78, 5) is 25.4. The Hall–Kier alpha value is -2.74. The van der Waals surface area contributed by atoms with Gasteiger partial charge in [-0.15, -0.1) is 0 Å². The van der Waals surface area contributed by atoms with Crippen molar-refractivity contribution in [3.63, 3.8) is 0 Å². The van der Waals surface area contributed by atoms with Gasteiger partial charge in [0.1, 0.15) is 72.4 Å². The topological polar surface area (TPSA) is 240 Å². The lowest BCUT2D eigenvalue weighted by atomic mass is 9.78. The van der Waals surface area contributed by atoms with Crippen LogP contribution in [0, 0.1) is 5.92 Å². The summed E-state index contributed by atoms with van der Waals surface area (Å²) < 4.78 is 40.8. The molecule has 14 unspecified atom stereocenters. The smallest absolute Gasteiger partial charge is 0.334 e. The minimum absolute atomic E-state index is 0.275. The zero-order valence-electron chi connectivity index (χ0n) is 26.2. The van der Waals surface area contributed by atoms with Crippen LogP contribution in [0.25, 0.3) is 0 Å². The second-order valence-corrected chi connectivity index (χ2v) is 12.6. The summed E-state index contributed by atoms with van der Waals surface area (Å²) in [6, 6.07) is 0. The van der Waals surface area contributed by atoms with Crippen molar-refractivity contribution in [2.45, 2.75) is 113 Å². The number of rotatable bonds is 8. The summed E-state index contributed by atoms with van der Waals surface area (Å²) in [6.07, 6.45) is -11.9. The molecule has 16 nitrogen and oxygen atoms in total. The first kappa shape index (κ1) is 35.6. The maximum atomic E-state index is 13.2. The molecule has 4 heterocycles. The summed E-state index contributed by atoms with van der Waals surface area (Å²) in [5.74, 6) is -1.43. The van der Waals surface area contributed by atoms with Crippen LogP contribution in [-0.2, 0) is 42.7 Å². The third-order valence-electron chi connectivity index (χ3n) is 8.96. The van der Waals surface area contributed by atoms with Crippen molar-refractivity contribution in [1.29, 1.82) is 0 Å². The molecule has 0 radical (unpaired) electrons. The molecule has 16 heteroatoms. The second kappa shape index (κ2) is 14.0. The summed E-state index contributed by atoms with van der Waals surface area (Å²) >= 11 is 0. The first-order chi connectivity index (χ1) is 22.2. The van der Waals surface area contributed by atoms with Crippen LogP contribution in [0.3, 0.4) is 0 Å². The molecule has 14 atom stereocenters. The standard InChI is InChI=1S/C31H42O16/c1-5-12(2)28(40)45-26-18-14(8-6-13-7-9-17(33)44-25(13)18)47-31(3,4)27(26)46-30-24(39)22(37)20(35)16(43-30)11-41-29-23(38)21(36)19(34)15(10-32)42-29/h5-9,13,15-16,19-27,29-30,32,34-39H,10-11H2,1-4H3. The van der Waals surface area contributed by atoms with E-state index < -0.39 is 116 Å². The van der Waals surface area contributed by atoms with Gasteiger partial charge < -0.3 is 68.9 Å². The largest absolute Gasteiger partial charge is 0.485 e. The number of fused-ring (bicyclic) bond motifs is 2. The van der Waals surface area contributed by atoms with E-state index in [9.17, 15) is 45.3 Å². The van der Waals surface area contributed by atoms with E-state index in [1.807, 2.05) is 0 Å². The minimum Gasteiger partial charge on any atom is -0.485 e. The number of carbonyl (C=O) groups excluding carboxylic acids is 2. The van der Waals surface area contributed by atoms with Crippen molar-refractivity contribution in [2.75, 3.05) is 13.2 Å². The monoisotopic (exact) mass is 670 g/mol. The number of ether oxygens (including phenoxy) is 7. The fourth-order valence-electron chi connectivity index (χ4n) is 6.06. The number of aliphatic hydroxyl groups is 7. The van der Waals surface area contributed by atoms with Crippen molar-refractivity contribution in [3.05, 3.63) is 47.3 Å². The third-order valence-corrected chi connectivity index (χ3v) is 8.96. The average Bonchev–Trinajstić information content (AvgIpc) is 3.04. The molecule has 47 heavy (non-hydrogen) atoms. The summed E-state index contributed by atoms with van der Waals surface area (Å²) in [7, 11) is 0. The summed E-state index contributed by atoms with van der Waals surface area (Å²) in [5, 5.41) is 72.3. The lowest BCUT2D eigenvalue weighted by Crippen LogP contribution is -2.64. The fraction of sp³-hybridized carbons (Fsp3) is 0.677. The van der Waals surface area contributed by atoms with E-state index in [2.05, 4.69) is 0 Å². The van der Waals surface area contributed by atoms with Gasteiger partial charge in [-0.05, 0) is 33.8 Å². The number of esters is 2. The number of hydrogen-bond donors (Lipinski definition) is 7. The highest BCUT2D eigenvalue weighted by Crippen LogP contribution is 2.44. The molecule has 2 saturated heterocycles. The highest BCUT2D eigenvalue weighted by atomic mass is 16.7. The Kier molecular flexibility index (Phi) is 10.6. The lowest BCUT2D eigenvalue weighted by Gasteiger charge is -2.50. The van der Waals surface area contributed by atoms with E-state index in [0.717, 1.165) is 0 Å². The van der Waals surface area contributed by atoms with E-state index in [-0.39, 0.29) is 5.57 Å². The first-order valence-corrected chi connectivity index (χ1v) is 15.3. The van der Waals surface area contributed by atoms with Crippen LogP contribution in [0.15, 0.2) is 47.3 Å². The van der Waals surface area contributed by atoms with E-state index in [0.29, 0.717) is 11.3 Å². The van der Waals surface area contributed by atoms with E-state index in [4.69, 9.17) is 33.2 Å². The maximum Gasteiger partial charge on any atom is 0.334 e. The van der Waals surface area contributed by atoms with Gasteiger partial charge in [-0.2, -0.15) is 0 Å². The molecule has 0 saturated carbocycles. The highest BCUT2D eigenvalue weighted by molar-refractivity contribution is 5.88. The molecule has 0 aromatic rings. The third kappa shape index (κ3) is 6.91. The zero-order valence-corrected chi connectivity index (χ0v) is 26.2. The molecule has 0 aromatic heterocycles. The van der Waals surface area contributed by atoms with Gasteiger partial charge in [-0.1, -0.05) is 18.2 Å². The highest BCUT2D eigenvalue weighted by Gasteiger charge is 2.56. The molecule has 7 N–H and O–H groups in total. The van der Waals surface area contributed by atoms with Crippen LogP contribution < -0.4 is 0 Å². The first-order valence-electron chi connectivity index (χ1n) is 15.3. The number of carbonyl (C=O) groups is 2. The van der Waals surface area contributed by atoms with Crippen LogP contribution in [-0.4, -0.2) is 146 Å². The molecular weight excluding hydrogens is 628 g/mol. The van der Waals surface area contributed by atoms with Crippen LogP contribution in [0.5, 0.6) is 0 Å². The Bertz CT molecular complexity index is 1300. The Morgan fingerprint density at radius 1 is 0.915 bits per heavy atom. The van der Waals surface area contributed by atoms with Crippen LogP contribution in [0.2, 0.25) is 0 Å². The molecule has 4 aliphatic heterocycles. The van der Waals surface area contributed by atoms with Gasteiger partial charge in [0.05, 0.1) is 18.8 Å². The van der Waals surface area contributed by atoms with E-state index in [1.165, 1.54) is 6.08 Å². The van der Waals surface area contributed by atoms with E-state index in [1.54, 1.807) is 52.0 Å². The lowest BCUT2D eigenvalue weighted by molar-refractivity contribution is -0.346. The van der Waals surface area contributed by atoms with E-state index >= 15 is 0 Å². The Morgan fingerprint density at radius 3 is 2.19 bits per heavy atom. The summed E-state index contributed by atoms with van der Waals surface area (Å²) in [6.45, 7) is 5.20. The second-order valence-electron chi connectivity index (χ2n) is 12.6. The van der Waals surface area contributed by atoms with Gasteiger partial charge >= 0.3 is 11.9 Å². The van der Waals surface area contributed by atoms with Crippen molar-refractivity contribution >= 4 is 11.9 Å². The number of aliphatic hydroxyl groups excluding tert-OH is 7. The quantitative estimate of drug-likeness (QED) is 0.105. The van der Waals surface area contributed by atoms with Crippen molar-refractivity contribution in [2.24, 2.45) is 5.92 Å². The van der Waals surface area contributed by atoms with Crippen molar-refractivity contribution in [3.8, 4) is 0 Å². The number of hydrogen-bond acceptors (Lipinski definition) is 16. The van der Waals surface area contributed by atoms with Crippen molar-refractivity contribution in [1.82, 2.24) is 0 Å². The van der Waals surface area contributed by atoms with Crippen LogP contribution >= 0.6 is 0 Å². The average molecular weight is 671 g/mol. The Balaban J connectivity index is 1.41. The minimum atomic E-state index is -1.84. The molecule has 0 bridgehead atoms. The molecule has 0 spiro atoms. The maximum absolute atomic E-state index is 13.2. The SMILES string of the molecule is CC=C(C)C(=O)OC1C2=C(C=CC3C=CC(=O)OC23)OC(C)(C)C1OC1OC(COC2OC(CO)C(O)C(O)C2O)C(O)C(O)C1O. The molecule has 0 aromatic carbocycles. The molecule has 1 aliphatic carbocycles. The number of allylic oxidation sites excluding steroid dienone is 2. The van der Waals surface area contributed by atoms with Gasteiger partial charge in [0.25, 0.3) is 0 Å². The van der Waals surface area contributed by atoms with Gasteiger partial charge in [0.2, 0.25) is 0 Å². The normalized spacial score (nSPS) is 43.0. The van der Waals surface area contributed by atoms with Crippen LogP contribution in [0.1, 0.15) is 27.7 Å². The molecule has 262 valence electrons. The molecule has 2 fully saturated rings. The van der Waals surface area contributed by atoms with Crippen LogP contribution in [0.4, 0.5) is 0 Å². The summed E-state index contributed by atoms with van der Waals surface area (Å²) in [5.41, 5.74) is -0.715. The fourth-order valence-corrected chi connectivity index (χ4v) is 6.06. The van der Waals surface area contributed by atoms with Gasteiger partial charge in [-0.25, -0.2) is 9.59 Å². The van der Waals surface area contributed by atoms with Gasteiger partial charge in [0, 0.05) is 17.6 Å². The Morgan fingerprint density at radius 2 is 1.53 bits per heavy atom. The predicted molar refractivity (Wildman–Crippen MR) is 154 cm³/mol. The van der Waals surface area contributed by atoms with Crippen molar-refractivity contribution < 1.29 is 78.5 Å². The molecule has 0 amide bonds. The molecule has 5 rings (SSSR count). The van der Waals surface area contributed by atoms with Gasteiger partial charge in [-0.3, -0.25) is 0 Å². The Labute approximate surface area is 270 Å². The predicted octanol–water partition coefficient (Wildman–Crippen LogP) is -2.40. The van der Waals surface area contributed by atoms with Gasteiger partial charge in [0.15, 0.2) is 18.7 Å².